The van der Waals surface area contributed by atoms with E-state index < -0.39 is 10.0 Å². The van der Waals surface area contributed by atoms with Crippen LogP contribution in [0.15, 0.2) is 14.1 Å². The molecule has 1 rings (SSSR count). The first-order valence-electron chi connectivity index (χ1n) is 5.48. The van der Waals surface area contributed by atoms with Gasteiger partial charge in [-0.25, -0.2) is 8.42 Å². The first-order valence-corrected chi connectivity index (χ1v) is 8.91. The Morgan fingerprint density at radius 2 is 2.21 bits per heavy atom. The van der Waals surface area contributed by atoms with Crippen molar-refractivity contribution in [1.29, 1.82) is 0 Å². The summed E-state index contributed by atoms with van der Waals surface area (Å²) < 4.78 is 26.7. The van der Waals surface area contributed by atoms with Crippen LogP contribution in [-0.4, -0.2) is 38.8 Å². The molecular formula is C10H14BrClN2O3S2. The maximum atomic E-state index is 12.4. The fraction of sp³-hybridized carbons (Fsp3) is 0.500. The third-order valence-electron chi connectivity index (χ3n) is 2.29. The van der Waals surface area contributed by atoms with E-state index in [-0.39, 0.29) is 23.2 Å². The third kappa shape index (κ3) is 4.16. The number of amides is 1. The number of hydrogen-bond donors (Lipinski definition) is 1. The smallest absolute Gasteiger partial charge is 0.253 e. The van der Waals surface area contributed by atoms with Crippen LogP contribution in [0.5, 0.6) is 0 Å². The number of likely N-dealkylation sites (N-methyl/N-ethyl adjacent to an activating group) is 1. The quantitative estimate of drug-likeness (QED) is 0.812. The van der Waals surface area contributed by atoms with Crippen molar-refractivity contribution in [3.05, 3.63) is 14.9 Å². The van der Waals surface area contributed by atoms with Gasteiger partial charge >= 0.3 is 0 Å². The molecule has 0 aliphatic carbocycles. The number of halogens is 2. The zero-order valence-electron chi connectivity index (χ0n) is 10.4. The van der Waals surface area contributed by atoms with Crippen molar-refractivity contribution in [2.75, 3.05) is 20.1 Å². The van der Waals surface area contributed by atoms with Gasteiger partial charge in [0.05, 0.1) is 15.4 Å². The van der Waals surface area contributed by atoms with Crippen molar-refractivity contribution in [3.8, 4) is 0 Å². The van der Waals surface area contributed by atoms with Gasteiger partial charge < -0.3 is 5.32 Å². The summed E-state index contributed by atoms with van der Waals surface area (Å²) in [4.78, 5) is 11.4. The summed E-state index contributed by atoms with van der Waals surface area (Å²) in [6.07, 6.45) is 0.622. The molecule has 0 atom stereocenters. The molecule has 0 unspecified atom stereocenters. The van der Waals surface area contributed by atoms with Crippen LogP contribution >= 0.6 is 38.9 Å². The Kier molecular flexibility index (Phi) is 6.25. The van der Waals surface area contributed by atoms with E-state index in [1.807, 2.05) is 6.92 Å². The van der Waals surface area contributed by atoms with Gasteiger partial charge in [-0.3, -0.25) is 4.79 Å². The van der Waals surface area contributed by atoms with Gasteiger partial charge in [0.25, 0.3) is 10.0 Å². The second-order valence-electron chi connectivity index (χ2n) is 3.70. The lowest BCUT2D eigenvalue weighted by molar-refractivity contribution is -0.120. The molecule has 0 radical (unpaired) electrons. The molecule has 1 N–H and O–H groups in total. The fourth-order valence-electron chi connectivity index (χ4n) is 1.35. The Balaban J connectivity index is 3.08. The van der Waals surface area contributed by atoms with Crippen molar-refractivity contribution >= 4 is 54.8 Å². The van der Waals surface area contributed by atoms with E-state index in [2.05, 4.69) is 21.2 Å². The number of sulfonamides is 1. The van der Waals surface area contributed by atoms with Crippen molar-refractivity contribution < 1.29 is 13.2 Å². The Labute approximate surface area is 130 Å². The van der Waals surface area contributed by atoms with Gasteiger partial charge in [-0.15, -0.1) is 11.3 Å². The van der Waals surface area contributed by atoms with Crippen LogP contribution in [0.4, 0.5) is 0 Å². The number of carbonyl (C=O) groups excluding carboxylic acids is 1. The molecule has 0 spiro atoms. The predicted octanol–water partition coefficient (Wildman–Crippen LogP) is 2.31. The molecule has 1 aromatic rings. The molecule has 0 saturated carbocycles. The summed E-state index contributed by atoms with van der Waals surface area (Å²) in [6.45, 7) is 1.94. The molecule has 0 fully saturated rings. The standard InChI is InChI=1S/C10H14BrClN2O3S2/c1-3-4-14(6-8(15)13-2)19(16,17)9-5-7(12)10(11)18-9/h5H,3-4,6H2,1-2H3,(H,13,15). The largest absolute Gasteiger partial charge is 0.358 e. The second kappa shape index (κ2) is 7.03. The zero-order valence-corrected chi connectivity index (χ0v) is 14.4. The molecular weight excluding hydrogens is 376 g/mol. The molecule has 0 aliphatic rings. The monoisotopic (exact) mass is 388 g/mol. The highest BCUT2D eigenvalue weighted by Gasteiger charge is 2.28. The van der Waals surface area contributed by atoms with Gasteiger partial charge in [0.1, 0.15) is 4.21 Å². The minimum atomic E-state index is -3.69. The van der Waals surface area contributed by atoms with E-state index in [4.69, 9.17) is 11.6 Å². The summed E-state index contributed by atoms with van der Waals surface area (Å²) in [7, 11) is -2.22. The number of carbonyl (C=O) groups is 1. The van der Waals surface area contributed by atoms with Crippen LogP contribution in [0.3, 0.4) is 0 Å². The topological polar surface area (TPSA) is 66.5 Å². The zero-order chi connectivity index (χ0) is 14.6. The van der Waals surface area contributed by atoms with Gasteiger partial charge in [-0.05, 0) is 28.4 Å². The maximum Gasteiger partial charge on any atom is 0.253 e. The van der Waals surface area contributed by atoms with Crippen LogP contribution in [0.25, 0.3) is 0 Å². The number of rotatable bonds is 6. The SMILES string of the molecule is CCCN(CC(=O)NC)S(=O)(=O)c1cc(Cl)c(Br)s1. The van der Waals surface area contributed by atoms with E-state index in [9.17, 15) is 13.2 Å². The molecule has 0 bridgehead atoms. The molecule has 5 nitrogen and oxygen atoms in total. The predicted molar refractivity (Wildman–Crippen MR) is 80.1 cm³/mol. The molecule has 9 heteroatoms. The molecule has 108 valence electrons. The van der Waals surface area contributed by atoms with Crippen molar-refractivity contribution in [3.63, 3.8) is 0 Å². The Bertz CT molecular complexity index is 540. The highest BCUT2D eigenvalue weighted by atomic mass is 79.9. The van der Waals surface area contributed by atoms with Crippen LogP contribution in [0.2, 0.25) is 5.02 Å². The first-order chi connectivity index (χ1) is 8.82. The molecule has 1 aromatic heterocycles. The average Bonchev–Trinajstić information content (AvgIpc) is 2.69. The van der Waals surface area contributed by atoms with Crippen LogP contribution in [0.1, 0.15) is 13.3 Å². The fourth-order valence-corrected chi connectivity index (χ4v) is 5.40. The normalized spacial score (nSPS) is 11.8. The lowest BCUT2D eigenvalue weighted by Crippen LogP contribution is -2.39. The van der Waals surface area contributed by atoms with Gasteiger partial charge in [0.2, 0.25) is 5.91 Å². The highest BCUT2D eigenvalue weighted by Crippen LogP contribution is 2.35. The maximum absolute atomic E-state index is 12.4. The van der Waals surface area contributed by atoms with Crippen LogP contribution in [-0.2, 0) is 14.8 Å². The highest BCUT2D eigenvalue weighted by molar-refractivity contribution is 9.11. The van der Waals surface area contributed by atoms with E-state index >= 15 is 0 Å². The van der Waals surface area contributed by atoms with Crippen LogP contribution < -0.4 is 5.32 Å². The summed E-state index contributed by atoms with van der Waals surface area (Å²) >= 11 is 10.1. The van der Waals surface area contributed by atoms with Gasteiger partial charge in [0, 0.05) is 13.6 Å². The van der Waals surface area contributed by atoms with E-state index in [0.29, 0.717) is 15.2 Å². The molecule has 0 saturated heterocycles. The Hall–Kier alpha value is -0.150. The molecule has 1 heterocycles. The van der Waals surface area contributed by atoms with E-state index in [1.54, 1.807) is 0 Å². The molecule has 1 amide bonds. The lowest BCUT2D eigenvalue weighted by atomic mass is 10.4. The summed E-state index contributed by atoms with van der Waals surface area (Å²) in [5.74, 6) is -0.348. The summed E-state index contributed by atoms with van der Waals surface area (Å²) in [5.41, 5.74) is 0. The lowest BCUT2D eigenvalue weighted by Gasteiger charge is -2.19. The number of nitrogens with zero attached hydrogens (tertiary/aromatic N) is 1. The number of thiophene rings is 1. The van der Waals surface area contributed by atoms with Crippen molar-refractivity contribution in [1.82, 2.24) is 9.62 Å². The average molecular weight is 390 g/mol. The van der Waals surface area contributed by atoms with Crippen LogP contribution in [0, 0.1) is 0 Å². The molecule has 0 aromatic carbocycles. The van der Waals surface area contributed by atoms with Crippen molar-refractivity contribution in [2.45, 2.75) is 17.6 Å². The third-order valence-corrected chi connectivity index (χ3v) is 7.06. The number of nitrogens with one attached hydrogen (secondary N) is 1. The first kappa shape index (κ1) is 16.9. The summed E-state index contributed by atoms with van der Waals surface area (Å²) in [5, 5.41) is 2.76. The van der Waals surface area contributed by atoms with Crippen molar-refractivity contribution in [2.24, 2.45) is 0 Å². The van der Waals surface area contributed by atoms with E-state index in [1.165, 1.54) is 13.1 Å². The molecule has 0 aliphatic heterocycles. The number of hydrogen-bond acceptors (Lipinski definition) is 4. The minimum Gasteiger partial charge on any atom is -0.358 e. The Morgan fingerprint density at radius 3 is 2.63 bits per heavy atom. The van der Waals surface area contributed by atoms with Gasteiger partial charge in [-0.2, -0.15) is 4.31 Å². The van der Waals surface area contributed by atoms with Gasteiger partial charge in [-0.1, -0.05) is 18.5 Å². The molecule has 19 heavy (non-hydrogen) atoms. The van der Waals surface area contributed by atoms with E-state index in [0.717, 1.165) is 15.6 Å². The summed E-state index contributed by atoms with van der Waals surface area (Å²) in [6, 6.07) is 1.39. The van der Waals surface area contributed by atoms with Gasteiger partial charge in [0.15, 0.2) is 0 Å². The second-order valence-corrected chi connectivity index (χ2v) is 8.64. The minimum absolute atomic E-state index is 0.127. The Morgan fingerprint density at radius 1 is 1.58 bits per heavy atom.